The third-order valence-electron chi connectivity index (χ3n) is 4.44. The summed E-state index contributed by atoms with van der Waals surface area (Å²) in [6, 6.07) is 11.2. The summed E-state index contributed by atoms with van der Waals surface area (Å²) in [4.78, 5) is 2.40. The van der Waals surface area contributed by atoms with Crippen molar-refractivity contribution in [1.82, 2.24) is 10.2 Å². The number of aliphatic hydroxyl groups is 1. The zero-order valence-electron chi connectivity index (χ0n) is 12.6. The number of nitrogens with zero attached hydrogens (tertiary/aromatic N) is 1. The van der Waals surface area contributed by atoms with Crippen molar-refractivity contribution >= 4 is 0 Å². The summed E-state index contributed by atoms with van der Waals surface area (Å²) in [5.41, 5.74) is 1.33. The fourth-order valence-electron chi connectivity index (χ4n) is 3.36. The van der Waals surface area contributed by atoms with E-state index < -0.39 is 0 Å². The Hall–Kier alpha value is -0.900. The van der Waals surface area contributed by atoms with Crippen LogP contribution in [0.3, 0.4) is 0 Å². The van der Waals surface area contributed by atoms with Crippen molar-refractivity contribution in [2.24, 2.45) is 5.92 Å². The van der Waals surface area contributed by atoms with Gasteiger partial charge in [-0.2, -0.15) is 0 Å². The molecule has 0 aromatic heterocycles. The average Bonchev–Trinajstić information content (AvgIpc) is 2.49. The molecule has 0 saturated heterocycles. The predicted octanol–water partition coefficient (Wildman–Crippen LogP) is 2.26. The van der Waals surface area contributed by atoms with Crippen LogP contribution in [0.4, 0.5) is 0 Å². The molecule has 2 rings (SSSR count). The minimum atomic E-state index is 0.240. The van der Waals surface area contributed by atoms with Gasteiger partial charge in [-0.3, -0.25) is 4.90 Å². The van der Waals surface area contributed by atoms with Gasteiger partial charge in [0, 0.05) is 25.7 Å². The molecule has 1 fully saturated rings. The van der Waals surface area contributed by atoms with Gasteiger partial charge in [-0.05, 0) is 31.4 Å². The van der Waals surface area contributed by atoms with Crippen molar-refractivity contribution in [2.75, 3.05) is 26.7 Å². The van der Waals surface area contributed by atoms with Crippen molar-refractivity contribution in [3.63, 3.8) is 0 Å². The molecule has 1 aromatic carbocycles. The second-order valence-electron chi connectivity index (χ2n) is 5.88. The molecule has 0 aliphatic heterocycles. The first-order valence-electron chi connectivity index (χ1n) is 7.88. The molecule has 0 bridgehead atoms. The molecular weight excluding hydrogens is 248 g/mol. The van der Waals surface area contributed by atoms with E-state index in [1.54, 1.807) is 0 Å². The van der Waals surface area contributed by atoms with Gasteiger partial charge in [0.1, 0.15) is 0 Å². The highest BCUT2D eigenvalue weighted by Gasteiger charge is 2.25. The van der Waals surface area contributed by atoms with Gasteiger partial charge in [0.25, 0.3) is 0 Å². The Kier molecular flexibility index (Phi) is 6.51. The largest absolute Gasteiger partial charge is 0.395 e. The summed E-state index contributed by atoms with van der Waals surface area (Å²) < 4.78 is 0. The fraction of sp³-hybridized carbons (Fsp3) is 0.647. The van der Waals surface area contributed by atoms with Crippen LogP contribution in [0.5, 0.6) is 0 Å². The Bertz CT molecular complexity index is 369. The smallest absolute Gasteiger partial charge is 0.0558 e. The molecule has 1 aliphatic carbocycles. The topological polar surface area (TPSA) is 35.5 Å². The van der Waals surface area contributed by atoms with Gasteiger partial charge in [0.15, 0.2) is 0 Å². The van der Waals surface area contributed by atoms with Crippen molar-refractivity contribution in [3.8, 4) is 0 Å². The minimum Gasteiger partial charge on any atom is -0.395 e. The second kappa shape index (κ2) is 8.40. The molecule has 0 heterocycles. The fourth-order valence-corrected chi connectivity index (χ4v) is 3.36. The zero-order chi connectivity index (χ0) is 14.2. The maximum absolute atomic E-state index is 9.31. The quantitative estimate of drug-likeness (QED) is 0.802. The van der Waals surface area contributed by atoms with Gasteiger partial charge in [-0.25, -0.2) is 0 Å². The number of hydrogen-bond acceptors (Lipinski definition) is 3. The number of hydrogen-bond donors (Lipinski definition) is 2. The van der Waals surface area contributed by atoms with E-state index >= 15 is 0 Å². The highest BCUT2D eigenvalue weighted by Crippen LogP contribution is 2.25. The van der Waals surface area contributed by atoms with Crippen molar-refractivity contribution < 1.29 is 5.11 Å². The highest BCUT2D eigenvalue weighted by atomic mass is 16.3. The third kappa shape index (κ3) is 4.58. The van der Waals surface area contributed by atoms with Gasteiger partial charge in [-0.15, -0.1) is 0 Å². The van der Waals surface area contributed by atoms with E-state index in [0.29, 0.717) is 12.0 Å². The normalized spacial score (nSPS) is 23.1. The lowest BCUT2D eigenvalue weighted by atomic mass is 9.84. The van der Waals surface area contributed by atoms with Gasteiger partial charge >= 0.3 is 0 Å². The number of benzene rings is 1. The van der Waals surface area contributed by atoms with Crippen LogP contribution < -0.4 is 5.32 Å². The third-order valence-corrected chi connectivity index (χ3v) is 4.44. The van der Waals surface area contributed by atoms with Gasteiger partial charge in [0.2, 0.25) is 0 Å². The van der Waals surface area contributed by atoms with Crippen LogP contribution in [0.2, 0.25) is 0 Å². The lowest BCUT2D eigenvalue weighted by molar-refractivity contribution is 0.138. The van der Waals surface area contributed by atoms with Crippen LogP contribution in [0.15, 0.2) is 30.3 Å². The van der Waals surface area contributed by atoms with Gasteiger partial charge < -0.3 is 10.4 Å². The van der Waals surface area contributed by atoms with Gasteiger partial charge in [0.05, 0.1) is 6.61 Å². The molecule has 3 heteroatoms. The molecular formula is C17H28N2O. The molecule has 0 amide bonds. The first-order valence-corrected chi connectivity index (χ1v) is 7.88. The zero-order valence-corrected chi connectivity index (χ0v) is 12.6. The first kappa shape index (κ1) is 15.5. The lowest BCUT2D eigenvalue weighted by Crippen LogP contribution is -2.43. The molecule has 0 spiro atoms. The maximum Gasteiger partial charge on any atom is 0.0558 e. The molecule has 2 atom stereocenters. The Morgan fingerprint density at radius 3 is 2.65 bits per heavy atom. The van der Waals surface area contributed by atoms with E-state index in [1.807, 2.05) is 0 Å². The van der Waals surface area contributed by atoms with E-state index in [4.69, 9.17) is 0 Å². The Morgan fingerprint density at radius 1 is 1.20 bits per heavy atom. The monoisotopic (exact) mass is 276 g/mol. The maximum atomic E-state index is 9.31. The summed E-state index contributed by atoms with van der Waals surface area (Å²) in [6.07, 6.45) is 5.30. The van der Waals surface area contributed by atoms with Crippen molar-refractivity contribution in [3.05, 3.63) is 35.9 Å². The standard InChI is InChI=1S/C17H28N2O/c1-18-17-10-6-5-9-16(17)14-19(11-12-20)13-15-7-3-2-4-8-15/h2-4,7-8,16-18,20H,5-6,9-14H2,1H3. The van der Waals surface area contributed by atoms with Crippen molar-refractivity contribution in [2.45, 2.75) is 38.3 Å². The molecule has 20 heavy (non-hydrogen) atoms. The molecule has 112 valence electrons. The molecule has 2 unspecified atom stereocenters. The lowest BCUT2D eigenvalue weighted by Gasteiger charge is -2.35. The van der Waals surface area contributed by atoms with Crippen LogP contribution in [-0.4, -0.2) is 42.8 Å². The SMILES string of the molecule is CNC1CCCCC1CN(CCO)Cc1ccccc1. The number of nitrogens with one attached hydrogen (secondary N) is 1. The van der Waals surface area contributed by atoms with E-state index in [1.165, 1.54) is 31.2 Å². The molecule has 1 aromatic rings. The Morgan fingerprint density at radius 2 is 1.95 bits per heavy atom. The number of rotatable bonds is 7. The predicted molar refractivity (Wildman–Crippen MR) is 83.6 cm³/mol. The molecule has 1 saturated carbocycles. The highest BCUT2D eigenvalue weighted by molar-refractivity contribution is 5.14. The summed E-state index contributed by atoms with van der Waals surface area (Å²) >= 11 is 0. The van der Waals surface area contributed by atoms with E-state index in [0.717, 1.165) is 19.6 Å². The van der Waals surface area contributed by atoms with E-state index in [2.05, 4.69) is 47.6 Å². The van der Waals surface area contributed by atoms with E-state index in [-0.39, 0.29) is 6.61 Å². The van der Waals surface area contributed by atoms with Crippen LogP contribution in [-0.2, 0) is 6.54 Å². The van der Waals surface area contributed by atoms with Gasteiger partial charge in [-0.1, -0.05) is 43.2 Å². The molecule has 0 radical (unpaired) electrons. The van der Waals surface area contributed by atoms with Crippen LogP contribution in [0.1, 0.15) is 31.2 Å². The Labute approximate surface area is 123 Å². The summed E-state index contributed by atoms with van der Waals surface area (Å²) in [7, 11) is 2.08. The van der Waals surface area contributed by atoms with Crippen molar-refractivity contribution in [1.29, 1.82) is 0 Å². The molecule has 3 nitrogen and oxygen atoms in total. The molecule has 2 N–H and O–H groups in total. The molecule has 1 aliphatic rings. The Balaban J connectivity index is 1.94. The summed E-state index contributed by atoms with van der Waals surface area (Å²) in [5, 5.41) is 12.8. The summed E-state index contributed by atoms with van der Waals surface area (Å²) in [6.45, 7) is 3.03. The first-order chi connectivity index (χ1) is 9.83. The minimum absolute atomic E-state index is 0.240. The van der Waals surface area contributed by atoms with Crippen LogP contribution in [0, 0.1) is 5.92 Å². The second-order valence-corrected chi connectivity index (χ2v) is 5.88. The van der Waals surface area contributed by atoms with E-state index in [9.17, 15) is 5.11 Å². The summed E-state index contributed by atoms with van der Waals surface area (Å²) in [5.74, 6) is 0.712. The number of aliphatic hydroxyl groups excluding tert-OH is 1. The average molecular weight is 276 g/mol. The van der Waals surface area contributed by atoms with Crippen LogP contribution >= 0.6 is 0 Å². The van der Waals surface area contributed by atoms with Crippen LogP contribution in [0.25, 0.3) is 0 Å².